The zero-order valence-electron chi connectivity index (χ0n) is 18.2. The van der Waals surface area contributed by atoms with Gasteiger partial charge in [0, 0.05) is 30.8 Å². The molecular formula is C22H21F3N6O3S. The summed E-state index contributed by atoms with van der Waals surface area (Å²) in [5.74, 6) is 5.46. The van der Waals surface area contributed by atoms with E-state index in [1.807, 2.05) is 0 Å². The summed E-state index contributed by atoms with van der Waals surface area (Å²) in [7, 11) is -3.70. The number of sulfonamides is 1. The van der Waals surface area contributed by atoms with E-state index in [4.69, 9.17) is 0 Å². The largest absolute Gasteiger partial charge is 0.385 e. The van der Waals surface area contributed by atoms with Gasteiger partial charge in [0.05, 0.1) is 10.6 Å². The van der Waals surface area contributed by atoms with Gasteiger partial charge in [0.15, 0.2) is 6.17 Å². The lowest BCUT2D eigenvalue weighted by Gasteiger charge is -2.29. The molecule has 3 heterocycles. The standard InChI is InChI=1S/C22H21F3N6O3S/c23-17-4-6-18(7-5-17)35(33,34)30-11-9-15(10-12-30)1-2-16-3-8-19(26-13-16)20(24)21(32)22(25)31-14-27-28-29-31/h3-8,13-15,20-22,32H,9-12H2. The summed E-state index contributed by atoms with van der Waals surface area (Å²) in [6, 6.07) is 7.53. The van der Waals surface area contributed by atoms with E-state index in [1.165, 1.54) is 34.8 Å². The predicted octanol–water partition coefficient (Wildman–Crippen LogP) is 2.20. The molecule has 35 heavy (non-hydrogen) atoms. The minimum absolute atomic E-state index is 0.0444. The molecule has 4 rings (SSSR count). The average Bonchev–Trinajstić information content (AvgIpc) is 3.42. The van der Waals surface area contributed by atoms with Gasteiger partial charge in [0.2, 0.25) is 16.3 Å². The SMILES string of the molecule is O=S(=O)(c1ccc(F)cc1)N1CCC(C#Cc2ccc(C(F)C(O)C(F)n3cnnn3)nc2)CC1. The first kappa shape index (κ1) is 24.8. The van der Waals surface area contributed by atoms with Crippen LogP contribution in [0, 0.1) is 23.6 Å². The molecule has 0 radical (unpaired) electrons. The number of aliphatic hydroxyl groups is 1. The fourth-order valence-electron chi connectivity index (χ4n) is 3.58. The normalized spacial score (nSPS) is 17.8. The Hall–Kier alpha value is -3.34. The highest BCUT2D eigenvalue weighted by Crippen LogP contribution is 2.28. The zero-order chi connectivity index (χ0) is 25.0. The number of aliphatic hydroxyl groups excluding tert-OH is 1. The van der Waals surface area contributed by atoms with E-state index in [2.05, 4.69) is 32.4 Å². The lowest BCUT2D eigenvalue weighted by atomic mass is 9.98. The number of alkyl halides is 2. The summed E-state index contributed by atoms with van der Waals surface area (Å²) in [6.45, 7) is 0.562. The highest BCUT2D eigenvalue weighted by Gasteiger charge is 2.32. The van der Waals surface area contributed by atoms with E-state index in [0.717, 1.165) is 18.5 Å². The van der Waals surface area contributed by atoms with Crippen molar-refractivity contribution in [3.05, 3.63) is 66.0 Å². The Morgan fingerprint density at radius 2 is 1.80 bits per heavy atom. The van der Waals surface area contributed by atoms with Crippen molar-refractivity contribution in [2.45, 2.75) is 36.3 Å². The second-order valence-corrected chi connectivity index (χ2v) is 9.87. The Morgan fingerprint density at radius 3 is 2.40 bits per heavy atom. The van der Waals surface area contributed by atoms with Gasteiger partial charge in [0.1, 0.15) is 18.2 Å². The van der Waals surface area contributed by atoms with E-state index in [0.29, 0.717) is 23.1 Å². The summed E-state index contributed by atoms with van der Waals surface area (Å²) in [5, 5.41) is 19.7. The van der Waals surface area contributed by atoms with Crippen molar-refractivity contribution in [2.75, 3.05) is 13.1 Å². The fraction of sp³-hybridized carbons (Fsp3) is 0.364. The molecule has 1 aliphatic rings. The number of hydrogen-bond donors (Lipinski definition) is 1. The predicted molar refractivity (Wildman–Crippen MR) is 117 cm³/mol. The molecule has 2 aromatic heterocycles. The smallest absolute Gasteiger partial charge is 0.243 e. The van der Waals surface area contributed by atoms with E-state index in [9.17, 15) is 26.7 Å². The van der Waals surface area contributed by atoms with Crippen LogP contribution in [0.1, 0.15) is 36.6 Å². The summed E-state index contributed by atoms with van der Waals surface area (Å²) >= 11 is 0. The van der Waals surface area contributed by atoms with Crippen LogP contribution in [0.25, 0.3) is 0 Å². The molecule has 0 amide bonds. The lowest BCUT2D eigenvalue weighted by molar-refractivity contribution is -0.0294. The van der Waals surface area contributed by atoms with Crippen LogP contribution in [0.15, 0.2) is 53.8 Å². The van der Waals surface area contributed by atoms with Gasteiger partial charge >= 0.3 is 0 Å². The fourth-order valence-corrected chi connectivity index (χ4v) is 5.05. The topological polar surface area (TPSA) is 114 Å². The van der Waals surface area contributed by atoms with E-state index < -0.39 is 34.4 Å². The molecular weight excluding hydrogens is 485 g/mol. The quantitative estimate of drug-likeness (QED) is 0.510. The second-order valence-electron chi connectivity index (χ2n) is 7.93. The molecule has 1 fully saturated rings. The molecule has 9 nitrogen and oxygen atoms in total. The number of rotatable bonds is 6. The van der Waals surface area contributed by atoms with Crippen LogP contribution < -0.4 is 0 Å². The van der Waals surface area contributed by atoms with Crippen molar-refractivity contribution >= 4 is 10.0 Å². The van der Waals surface area contributed by atoms with Gasteiger partial charge in [-0.2, -0.15) is 8.99 Å². The second kappa shape index (κ2) is 10.5. The highest BCUT2D eigenvalue weighted by molar-refractivity contribution is 7.89. The molecule has 0 aliphatic carbocycles. The number of nitrogens with zero attached hydrogens (tertiary/aromatic N) is 6. The highest BCUT2D eigenvalue weighted by atomic mass is 32.2. The third-order valence-corrected chi connectivity index (χ3v) is 7.51. The first-order chi connectivity index (χ1) is 16.8. The van der Waals surface area contributed by atoms with Crippen molar-refractivity contribution in [2.24, 2.45) is 5.92 Å². The van der Waals surface area contributed by atoms with E-state index in [-0.39, 0.29) is 29.6 Å². The lowest BCUT2D eigenvalue weighted by Crippen LogP contribution is -2.38. The van der Waals surface area contributed by atoms with Crippen LogP contribution in [0.2, 0.25) is 0 Å². The number of piperidine rings is 1. The van der Waals surface area contributed by atoms with Crippen LogP contribution in [0.3, 0.4) is 0 Å². The maximum Gasteiger partial charge on any atom is 0.243 e. The summed E-state index contributed by atoms with van der Waals surface area (Å²) < 4.78 is 69.1. The van der Waals surface area contributed by atoms with Crippen molar-refractivity contribution in [1.82, 2.24) is 29.5 Å². The number of hydrogen-bond acceptors (Lipinski definition) is 7. The molecule has 3 unspecified atom stereocenters. The van der Waals surface area contributed by atoms with E-state index in [1.54, 1.807) is 0 Å². The molecule has 1 N–H and O–H groups in total. The summed E-state index contributed by atoms with van der Waals surface area (Å²) in [5.41, 5.74) is 0.326. The molecule has 1 aliphatic heterocycles. The minimum atomic E-state index is -3.70. The monoisotopic (exact) mass is 506 g/mol. The van der Waals surface area contributed by atoms with Gasteiger partial charge in [-0.3, -0.25) is 4.98 Å². The van der Waals surface area contributed by atoms with Gasteiger partial charge in [-0.15, -0.1) is 5.10 Å². The Bertz CT molecular complexity index is 1290. The first-order valence-electron chi connectivity index (χ1n) is 10.7. The zero-order valence-corrected chi connectivity index (χ0v) is 19.1. The number of pyridine rings is 1. The number of benzene rings is 1. The Morgan fingerprint density at radius 1 is 1.09 bits per heavy atom. The number of tetrazole rings is 1. The van der Waals surface area contributed by atoms with Gasteiger partial charge in [-0.1, -0.05) is 11.8 Å². The molecule has 1 aromatic carbocycles. The summed E-state index contributed by atoms with van der Waals surface area (Å²) in [6.07, 6.45) is -3.06. The summed E-state index contributed by atoms with van der Waals surface area (Å²) in [4.78, 5) is 3.98. The van der Waals surface area contributed by atoms with Crippen LogP contribution >= 0.6 is 0 Å². The molecule has 184 valence electrons. The minimum Gasteiger partial charge on any atom is -0.385 e. The van der Waals surface area contributed by atoms with Gasteiger partial charge in [-0.25, -0.2) is 21.6 Å². The molecule has 0 bridgehead atoms. The Balaban J connectivity index is 1.33. The third-order valence-electron chi connectivity index (χ3n) is 5.59. The molecule has 13 heteroatoms. The number of aromatic nitrogens is 5. The van der Waals surface area contributed by atoms with Crippen molar-refractivity contribution in [1.29, 1.82) is 0 Å². The van der Waals surface area contributed by atoms with Crippen LogP contribution in [0.5, 0.6) is 0 Å². The van der Waals surface area contributed by atoms with Gasteiger partial charge in [-0.05, 0) is 59.7 Å². The first-order valence-corrected chi connectivity index (χ1v) is 12.1. The van der Waals surface area contributed by atoms with Gasteiger partial charge < -0.3 is 5.11 Å². The molecule has 1 saturated heterocycles. The molecule has 3 atom stereocenters. The molecule has 3 aromatic rings. The van der Waals surface area contributed by atoms with Gasteiger partial charge in [0.25, 0.3) is 0 Å². The van der Waals surface area contributed by atoms with Crippen molar-refractivity contribution < 1.29 is 26.7 Å². The van der Waals surface area contributed by atoms with Crippen molar-refractivity contribution in [3.8, 4) is 11.8 Å². The average molecular weight is 507 g/mol. The maximum atomic E-state index is 14.5. The van der Waals surface area contributed by atoms with Crippen molar-refractivity contribution in [3.63, 3.8) is 0 Å². The molecule has 0 saturated carbocycles. The van der Waals surface area contributed by atoms with Crippen LogP contribution in [0.4, 0.5) is 13.2 Å². The molecule has 0 spiro atoms. The maximum absolute atomic E-state index is 14.5. The Kier molecular flexibility index (Phi) is 7.44. The van der Waals surface area contributed by atoms with E-state index >= 15 is 0 Å². The number of halogens is 3. The van der Waals surface area contributed by atoms with Crippen LogP contribution in [-0.4, -0.2) is 62.2 Å². The third kappa shape index (κ3) is 5.67. The Labute approximate surface area is 199 Å². The van der Waals surface area contributed by atoms with Crippen LogP contribution in [-0.2, 0) is 10.0 Å².